The van der Waals surface area contributed by atoms with Crippen molar-refractivity contribution in [2.45, 2.75) is 27.3 Å². The molecule has 3 heteroatoms. The molecule has 0 fully saturated rings. The Kier molecular flexibility index (Phi) is 5.23. The Morgan fingerprint density at radius 2 is 1.95 bits per heavy atom. The molecule has 0 saturated heterocycles. The summed E-state index contributed by atoms with van der Waals surface area (Å²) in [5, 5.41) is 0. The van der Waals surface area contributed by atoms with Crippen LogP contribution in [0.3, 0.4) is 0 Å². The summed E-state index contributed by atoms with van der Waals surface area (Å²) in [5.41, 5.74) is 4.16. The fourth-order valence-corrected chi connectivity index (χ4v) is 2.21. The van der Waals surface area contributed by atoms with E-state index in [1.807, 2.05) is 43.3 Å². The van der Waals surface area contributed by atoms with Gasteiger partial charge < -0.3 is 0 Å². The van der Waals surface area contributed by atoms with Gasteiger partial charge >= 0.3 is 0 Å². The number of ketones is 1. The van der Waals surface area contributed by atoms with E-state index in [0.717, 1.165) is 23.4 Å². The van der Waals surface area contributed by atoms with E-state index in [1.165, 1.54) is 5.56 Å². The highest BCUT2D eigenvalue weighted by Gasteiger charge is 2.12. The summed E-state index contributed by atoms with van der Waals surface area (Å²) >= 11 is 0. The summed E-state index contributed by atoms with van der Waals surface area (Å²) in [5.74, 6) is 0.163. The monoisotopic (exact) mass is 282 g/mol. The highest BCUT2D eigenvalue weighted by atomic mass is 16.1. The lowest BCUT2D eigenvalue weighted by Gasteiger charge is -2.19. The van der Waals surface area contributed by atoms with Gasteiger partial charge in [-0.15, -0.1) is 0 Å². The Balaban J connectivity index is 2.04. The number of pyridine rings is 1. The Hall–Kier alpha value is -2.00. The van der Waals surface area contributed by atoms with Gasteiger partial charge in [0.1, 0.15) is 0 Å². The van der Waals surface area contributed by atoms with E-state index in [9.17, 15) is 4.79 Å². The van der Waals surface area contributed by atoms with Crippen molar-refractivity contribution in [2.75, 3.05) is 13.1 Å². The van der Waals surface area contributed by atoms with Gasteiger partial charge in [0.05, 0.1) is 12.2 Å². The normalized spacial score (nSPS) is 10.9. The molecule has 1 aromatic heterocycles. The lowest BCUT2D eigenvalue weighted by Crippen LogP contribution is -2.29. The van der Waals surface area contributed by atoms with Crippen molar-refractivity contribution >= 4 is 5.78 Å². The van der Waals surface area contributed by atoms with Gasteiger partial charge in [-0.25, -0.2) is 0 Å². The number of hydrogen-bond donors (Lipinski definition) is 0. The van der Waals surface area contributed by atoms with Crippen molar-refractivity contribution in [2.24, 2.45) is 0 Å². The van der Waals surface area contributed by atoms with E-state index in [0.29, 0.717) is 13.1 Å². The lowest BCUT2D eigenvalue weighted by atomic mass is 10.0. The van der Waals surface area contributed by atoms with Crippen LogP contribution >= 0.6 is 0 Å². The van der Waals surface area contributed by atoms with Crippen LogP contribution < -0.4 is 0 Å². The standard InChI is InChI=1S/C18H22N2O/c1-4-20(12-17-7-5-6-10-19-17)13-18(21)16-9-8-14(2)15(3)11-16/h5-11H,4,12-13H2,1-3H3. The summed E-state index contributed by atoms with van der Waals surface area (Å²) < 4.78 is 0. The molecule has 0 unspecified atom stereocenters. The lowest BCUT2D eigenvalue weighted by molar-refractivity contribution is 0.0928. The van der Waals surface area contributed by atoms with E-state index >= 15 is 0 Å². The fourth-order valence-electron chi connectivity index (χ4n) is 2.21. The van der Waals surface area contributed by atoms with Crippen LogP contribution in [0.15, 0.2) is 42.6 Å². The molecule has 1 aromatic carbocycles. The van der Waals surface area contributed by atoms with Gasteiger partial charge in [-0.3, -0.25) is 14.7 Å². The molecule has 0 bridgehead atoms. The minimum absolute atomic E-state index is 0.163. The van der Waals surface area contributed by atoms with Gasteiger partial charge in [-0.1, -0.05) is 25.1 Å². The van der Waals surface area contributed by atoms with Crippen LogP contribution in [0.25, 0.3) is 0 Å². The van der Waals surface area contributed by atoms with Crippen LogP contribution in [-0.4, -0.2) is 28.8 Å². The Labute approximate surface area is 126 Å². The summed E-state index contributed by atoms with van der Waals surface area (Å²) in [7, 11) is 0. The third kappa shape index (κ3) is 4.23. The molecule has 0 radical (unpaired) electrons. The number of rotatable bonds is 6. The second-order valence-corrected chi connectivity index (χ2v) is 5.35. The average molecular weight is 282 g/mol. The quantitative estimate of drug-likeness (QED) is 0.761. The van der Waals surface area contributed by atoms with Gasteiger partial charge in [0.15, 0.2) is 5.78 Å². The maximum absolute atomic E-state index is 12.4. The van der Waals surface area contributed by atoms with Crippen molar-refractivity contribution in [1.29, 1.82) is 0 Å². The molecule has 110 valence electrons. The second kappa shape index (κ2) is 7.14. The molecule has 0 aliphatic carbocycles. The molecule has 0 spiro atoms. The van der Waals surface area contributed by atoms with E-state index in [4.69, 9.17) is 0 Å². The summed E-state index contributed by atoms with van der Waals surface area (Å²) in [6.07, 6.45) is 1.79. The number of aromatic nitrogens is 1. The van der Waals surface area contributed by atoms with Crippen molar-refractivity contribution in [1.82, 2.24) is 9.88 Å². The molecule has 0 saturated carbocycles. The van der Waals surface area contributed by atoms with Gasteiger partial charge in [0.2, 0.25) is 0 Å². The van der Waals surface area contributed by atoms with Crippen LogP contribution in [0, 0.1) is 13.8 Å². The predicted octanol–water partition coefficient (Wildman–Crippen LogP) is 3.40. The van der Waals surface area contributed by atoms with Crippen LogP contribution in [0.4, 0.5) is 0 Å². The van der Waals surface area contributed by atoms with Crippen LogP contribution in [0.1, 0.15) is 34.1 Å². The first-order valence-electron chi connectivity index (χ1n) is 7.33. The zero-order chi connectivity index (χ0) is 15.2. The van der Waals surface area contributed by atoms with Gasteiger partial charge in [-0.05, 0) is 49.7 Å². The molecule has 21 heavy (non-hydrogen) atoms. The Morgan fingerprint density at radius 1 is 1.14 bits per heavy atom. The van der Waals surface area contributed by atoms with Crippen molar-refractivity contribution in [3.8, 4) is 0 Å². The van der Waals surface area contributed by atoms with Crippen LogP contribution in [0.2, 0.25) is 0 Å². The maximum atomic E-state index is 12.4. The molecule has 0 atom stereocenters. The molecule has 0 amide bonds. The first kappa shape index (κ1) is 15.4. The first-order valence-corrected chi connectivity index (χ1v) is 7.33. The second-order valence-electron chi connectivity index (χ2n) is 5.35. The predicted molar refractivity (Wildman–Crippen MR) is 85.4 cm³/mol. The zero-order valence-electron chi connectivity index (χ0n) is 13.0. The number of nitrogens with zero attached hydrogens (tertiary/aromatic N) is 2. The molecule has 0 aliphatic rings. The SMILES string of the molecule is CCN(CC(=O)c1ccc(C)c(C)c1)Cc1ccccn1. The molecule has 2 rings (SSSR count). The number of carbonyl (C=O) groups excluding carboxylic acids is 1. The average Bonchev–Trinajstić information content (AvgIpc) is 2.50. The van der Waals surface area contributed by atoms with Gasteiger partial charge in [0, 0.05) is 18.3 Å². The molecule has 0 aliphatic heterocycles. The molecule has 1 heterocycles. The third-order valence-electron chi connectivity index (χ3n) is 3.76. The fraction of sp³-hybridized carbons (Fsp3) is 0.333. The largest absolute Gasteiger partial charge is 0.293 e. The Morgan fingerprint density at radius 3 is 2.57 bits per heavy atom. The van der Waals surface area contributed by atoms with Crippen molar-refractivity contribution in [3.05, 3.63) is 65.0 Å². The van der Waals surface area contributed by atoms with E-state index < -0.39 is 0 Å². The number of carbonyl (C=O) groups is 1. The summed E-state index contributed by atoms with van der Waals surface area (Å²) in [6.45, 7) is 8.12. The van der Waals surface area contributed by atoms with Gasteiger partial charge in [-0.2, -0.15) is 0 Å². The minimum atomic E-state index is 0.163. The van der Waals surface area contributed by atoms with Crippen molar-refractivity contribution < 1.29 is 4.79 Å². The molecular formula is C18H22N2O. The topological polar surface area (TPSA) is 33.2 Å². The number of likely N-dealkylation sites (N-methyl/N-ethyl adjacent to an activating group) is 1. The number of Topliss-reactive ketones (excluding diaryl/α,β-unsaturated/α-hetero) is 1. The maximum Gasteiger partial charge on any atom is 0.176 e. The first-order chi connectivity index (χ1) is 10.1. The van der Waals surface area contributed by atoms with Crippen LogP contribution in [-0.2, 0) is 6.54 Å². The van der Waals surface area contributed by atoms with E-state index in [-0.39, 0.29) is 5.78 Å². The van der Waals surface area contributed by atoms with E-state index in [1.54, 1.807) is 6.20 Å². The zero-order valence-corrected chi connectivity index (χ0v) is 13.0. The van der Waals surface area contributed by atoms with Crippen molar-refractivity contribution in [3.63, 3.8) is 0 Å². The number of hydrogen-bond acceptors (Lipinski definition) is 3. The highest BCUT2D eigenvalue weighted by Crippen LogP contribution is 2.11. The summed E-state index contributed by atoms with van der Waals surface area (Å²) in [4.78, 5) is 18.8. The molecule has 0 N–H and O–H groups in total. The number of benzene rings is 1. The van der Waals surface area contributed by atoms with E-state index in [2.05, 4.69) is 23.7 Å². The number of aryl methyl sites for hydroxylation is 2. The minimum Gasteiger partial charge on any atom is -0.293 e. The third-order valence-corrected chi connectivity index (χ3v) is 3.76. The molecular weight excluding hydrogens is 260 g/mol. The van der Waals surface area contributed by atoms with Crippen LogP contribution in [0.5, 0.6) is 0 Å². The van der Waals surface area contributed by atoms with Gasteiger partial charge in [0.25, 0.3) is 0 Å². The Bertz CT molecular complexity index is 608. The molecule has 2 aromatic rings. The molecule has 3 nitrogen and oxygen atoms in total. The summed E-state index contributed by atoms with van der Waals surface area (Å²) in [6, 6.07) is 11.8. The smallest absolute Gasteiger partial charge is 0.176 e. The highest BCUT2D eigenvalue weighted by molar-refractivity contribution is 5.97.